The minimum Gasteiger partial charge on any atom is -0.497 e. The van der Waals surface area contributed by atoms with Crippen LogP contribution in [0.3, 0.4) is 0 Å². The lowest BCUT2D eigenvalue weighted by atomic mass is 10.2. The van der Waals surface area contributed by atoms with E-state index in [1.165, 1.54) is 12.8 Å². The maximum atomic E-state index is 12.8. The monoisotopic (exact) mass is 384 g/mol. The zero-order valence-electron chi connectivity index (χ0n) is 16.6. The predicted octanol–water partition coefficient (Wildman–Crippen LogP) is 3.30. The van der Waals surface area contributed by atoms with E-state index in [1.807, 2.05) is 36.1 Å². The first-order chi connectivity index (χ1) is 13.7. The molecule has 0 unspecified atom stereocenters. The fraction of sp³-hybridized carbons (Fsp3) is 0.476. The normalized spacial score (nSPS) is 14.3. The zero-order valence-corrected chi connectivity index (χ0v) is 16.6. The number of methoxy groups -OCH3 is 1. The molecule has 2 aromatic rings. The van der Waals surface area contributed by atoms with E-state index in [-0.39, 0.29) is 5.91 Å². The van der Waals surface area contributed by atoms with E-state index in [4.69, 9.17) is 9.47 Å². The lowest BCUT2D eigenvalue weighted by molar-refractivity contribution is 0.0755. The predicted molar refractivity (Wildman–Crippen MR) is 108 cm³/mol. The van der Waals surface area contributed by atoms with Crippen molar-refractivity contribution in [3.05, 3.63) is 41.7 Å². The number of hydrogen-bond acceptors (Lipinski definition) is 6. The van der Waals surface area contributed by atoms with Crippen molar-refractivity contribution in [1.29, 1.82) is 0 Å². The summed E-state index contributed by atoms with van der Waals surface area (Å²) in [6, 6.07) is 9.19. The van der Waals surface area contributed by atoms with Gasteiger partial charge in [0.05, 0.1) is 13.7 Å². The number of carbonyl (C=O) groups is 1. The molecular formula is C21H28N4O3. The number of rotatable bonds is 7. The number of likely N-dealkylation sites (tertiary alicyclic amines) is 1. The van der Waals surface area contributed by atoms with Crippen molar-refractivity contribution in [3.63, 3.8) is 0 Å². The Morgan fingerprint density at radius 3 is 2.43 bits per heavy atom. The minimum absolute atomic E-state index is 0.00932. The molecule has 7 heteroatoms. The van der Waals surface area contributed by atoms with Gasteiger partial charge in [-0.3, -0.25) is 4.79 Å². The Bertz CT molecular complexity index is 772. The molecule has 7 nitrogen and oxygen atoms in total. The molecule has 1 aliphatic rings. The van der Waals surface area contributed by atoms with E-state index in [0.29, 0.717) is 24.8 Å². The summed E-state index contributed by atoms with van der Waals surface area (Å²) in [7, 11) is 1.63. The summed E-state index contributed by atoms with van der Waals surface area (Å²) < 4.78 is 10.8. The molecule has 1 N–H and O–H groups in total. The van der Waals surface area contributed by atoms with Gasteiger partial charge < -0.3 is 19.7 Å². The molecule has 150 valence electrons. The highest BCUT2D eigenvalue weighted by Gasteiger charge is 2.19. The number of ether oxygens (including phenoxy) is 2. The molecule has 3 rings (SSSR count). The van der Waals surface area contributed by atoms with Crippen molar-refractivity contribution in [2.45, 2.75) is 32.6 Å². The van der Waals surface area contributed by atoms with Crippen LogP contribution in [0.1, 0.15) is 41.9 Å². The number of anilines is 1. The number of amides is 1. The van der Waals surface area contributed by atoms with Gasteiger partial charge in [0.15, 0.2) is 0 Å². The smallest absolute Gasteiger partial charge is 0.272 e. The SMILES string of the molecule is COc1ccc(OCCNc2nc(C)cc(C(=O)N3CCCCCC3)n2)cc1. The van der Waals surface area contributed by atoms with Gasteiger partial charge in [0.2, 0.25) is 5.95 Å². The lowest BCUT2D eigenvalue weighted by Gasteiger charge is -2.20. The Balaban J connectivity index is 1.54. The number of hydrogen-bond donors (Lipinski definition) is 1. The fourth-order valence-electron chi connectivity index (χ4n) is 3.20. The van der Waals surface area contributed by atoms with E-state index in [1.54, 1.807) is 13.2 Å². The number of aromatic nitrogens is 2. The molecule has 0 spiro atoms. The maximum Gasteiger partial charge on any atom is 0.272 e. The number of nitrogens with zero attached hydrogens (tertiary/aromatic N) is 3. The molecule has 1 saturated heterocycles. The van der Waals surface area contributed by atoms with Crippen molar-refractivity contribution in [3.8, 4) is 11.5 Å². The van der Waals surface area contributed by atoms with Gasteiger partial charge in [-0.25, -0.2) is 9.97 Å². The molecule has 0 bridgehead atoms. The van der Waals surface area contributed by atoms with Gasteiger partial charge in [-0.1, -0.05) is 12.8 Å². The van der Waals surface area contributed by atoms with Gasteiger partial charge in [-0.15, -0.1) is 0 Å². The van der Waals surface area contributed by atoms with E-state index in [9.17, 15) is 4.79 Å². The molecule has 0 aliphatic carbocycles. The van der Waals surface area contributed by atoms with Crippen LogP contribution in [0.5, 0.6) is 11.5 Å². The van der Waals surface area contributed by atoms with Crippen LogP contribution in [0.4, 0.5) is 5.95 Å². The molecule has 0 atom stereocenters. The third-order valence-corrected chi connectivity index (χ3v) is 4.68. The van der Waals surface area contributed by atoms with Crippen molar-refractivity contribution < 1.29 is 14.3 Å². The number of carbonyl (C=O) groups excluding carboxylic acids is 1. The summed E-state index contributed by atoms with van der Waals surface area (Å²) in [5.41, 5.74) is 1.22. The lowest BCUT2D eigenvalue weighted by Crippen LogP contribution is -2.32. The summed E-state index contributed by atoms with van der Waals surface area (Å²) in [6.07, 6.45) is 4.49. The first kappa shape index (κ1) is 19.9. The summed E-state index contributed by atoms with van der Waals surface area (Å²) >= 11 is 0. The number of nitrogens with one attached hydrogen (secondary N) is 1. The maximum absolute atomic E-state index is 12.8. The van der Waals surface area contributed by atoms with E-state index in [2.05, 4.69) is 15.3 Å². The Morgan fingerprint density at radius 2 is 1.75 bits per heavy atom. The van der Waals surface area contributed by atoms with Crippen molar-refractivity contribution in [1.82, 2.24) is 14.9 Å². The average molecular weight is 384 g/mol. The molecule has 1 aliphatic heterocycles. The molecule has 28 heavy (non-hydrogen) atoms. The highest BCUT2D eigenvalue weighted by Crippen LogP contribution is 2.17. The van der Waals surface area contributed by atoms with Gasteiger partial charge in [0, 0.05) is 18.8 Å². The quantitative estimate of drug-likeness (QED) is 0.738. The standard InChI is InChI=1S/C21H28N4O3/c1-16-15-19(20(26)25-12-5-3-4-6-13-25)24-21(23-16)22-11-14-28-18-9-7-17(27-2)8-10-18/h7-10,15H,3-6,11-14H2,1-2H3,(H,22,23,24). The minimum atomic E-state index is -0.00932. The van der Waals surface area contributed by atoms with Crippen LogP contribution in [0.2, 0.25) is 0 Å². The number of benzene rings is 1. The van der Waals surface area contributed by atoms with Crippen LogP contribution < -0.4 is 14.8 Å². The topological polar surface area (TPSA) is 76.6 Å². The van der Waals surface area contributed by atoms with Crippen molar-refractivity contribution in [2.75, 3.05) is 38.7 Å². The second-order valence-corrected chi connectivity index (χ2v) is 6.88. The van der Waals surface area contributed by atoms with Crippen LogP contribution in [0, 0.1) is 6.92 Å². The van der Waals surface area contributed by atoms with Crippen LogP contribution in [-0.4, -0.2) is 54.1 Å². The molecular weight excluding hydrogens is 356 g/mol. The van der Waals surface area contributed by atoms with Gasteiger partial charge in [-0.2, -0.15) is 0 Å². The molecule has 2 heterocycles. The van der Waals surface area contributed by atoms with Gasteiger partial charge in [-0.05, 0) is 50.1 Å². The second-order valence-electron chi connectivity index (χ2n) is 6.88. The molecule has 1 aromatic heterocycles. The first-order valence-electron chi connectivity index (χ1n) is 9.81. The van der Waals surface area contributed by atoms with Crippen LogP contribution in [0.25, 0.3) is 0 Å². The summed E-state index contributed by atoms with van der Waals surface area (Å²) in [6.45, 7) is 4.48. The molecule has 0 radical (unpaired) electrons. The highest BCUT2D eigenvalue weighted by molar-refractivity contribution is 5.92. The molecule has 1 aromatic carbocycles. The average Bonchev–Trinajstić information content (AvgIpc) is 3.00. The van der Waals surface area contributed by atoms with Crippen molar-refractivity contribution >= 4 is 11.9 Å². The van der Waals surface area contributed by atoms with E-state index < -0.39 is 0 Å². The molecule has 1 amide bonds. The third kappa shape index (κ3) is 5.58. The van der Waals surface area contributed by atoms with Crippen LogP contribution in [0.15, 0.2) is 30.3 Å². The van der Waals surface area contributed by atoms with Gasteiger partial charge in [0.25, 0.3) is 5.91 Å². The van der Waals surface area contributed by atoms with Gasteiger partial charge >= 0.3 is 0 Å². The highest BCUT2D eigenvalue weighted by atomic mass is 16.5. The third-order valence-electron chi connectivity index (χ3n) is 4.68. The molecule has 0 saturated carbocycles. The second kappa shape index (κ2) is 9.92. The largest absolute Gasteiger partial charge is 0.497 e. The Morgan fingerprint density at radius 1 is 1.07 bits per heavy atom. The number of aryl methyl sites for hydroxylation is 1. The van der Waals surface area contributed by atoms with Gasteiger partial charge in [0.1, 0.15) is 23.8 Å². The Labute approximate surface area is 166 Å². The van der Waals surface area contributed by atoms with E-state index in [0.717, 1.165) is 43.1 Å². The van der Waals surface area contributed by atoms with E-state index >= 15 is 0 Å². The summed E-state index contributed by atoms with van der Waals surface area (Å²) in [4.78, 5) is 23.5. The molecule has 1 fully saturated rings. The summed E-state index contributed by atoms with van der Waals surface area (Å²) in [5, 5.41) is 3.15. The first-order valence-corrected chi connectivity index (χ1v) is 9.81. The fourth-order valence-corrected chi connectivity index (χ4v) is 3.20. The van der Waals surface area contributed by atoms with Crippen LogP contribution >= 0.6 is 0 Å². The van der Waals surface area contributed by atoms with Crippen molar-refractivity contribution in [2.24, 2.45) is 0 Å². The Hall–Kier alpha value is -2.83. The summed E-state index contributed by atoms with van der Waals surface area (Å²) in [5.74, 6) is 2.01. The van der Waals surface area contributed by atoms with Crippen LogP contribution in [-0.2, 0) is 0 Å². The zero-order chi connectivity index (χ0) is 19.8. The Kier molecular flexibility index (Phi) is 7.06.